The zero-order chi connectivity index (χ0) is 36.3. The van der Waals surface area contributed by atoms with Gasteiger partial charge in [0.2, 0.25) is 0 Å². The van der Waals surface area contributed by atoms with Crippen molar-refractivity contribution in [2.45, 2.75) is 114 Å². The lowest BCUT2D eigenvalue weighted by Gasteiger charge is -2.38. The summed E-state index contributed by atoms with van der Waals surface area (Å²) in [6.07, 6.45) is 39.7. The molecular formula is C49H62O. The Morgan fingerprint density at radius 2 is 1.18 bits per heavy atom. The van der Waals surface area contributed by atoms with E-state index in [1.807, 2.05) is 12.1 Å². The van der Waals surface area contributed by atoms with E-state index in [4.69, 9.17) is 0 Å². The minimum Gasteiger partial charge on any atom is -0.294 e. The van der Waals surface area contributed by atoms with E-state index in [1.54, 1.807) is 5.57 Å². The highest BCUT2D eigenvalue weighted by atomic mass is 16.1. The Labute approximate surface area is 305 Å². The van der Waals surface area contributed by atoms with Gasteiger partial charge in [-0.15, -0.1) is 0 Å². The number of Topliss-reactive ketones (excluding diaryl/α,β-unsaturated/α-hetero) is 1. The average molecular weight is 667 g/mol. The molecule has 2 atom stereocenters. The van der Waals surface area contributed by atoms with Gasteiger partial charge in [-0.25, -0.2) is 0 Å². The van der Waals surface area contributed by atoms with Crippen LogP contribution in [0.25, 0.3) is 0 Å². The van der Waals surface area contributed by atoms with E-state index < -0.39 is 0 Å². The topological polar surface area (TPSA) is 17.1 Å². The van der Waals surface area contributed by atoms with Gasteiger partial charge in [-0.2, -0.15) is 0 Å². The molecule has 0 aromatic heterocycles. The summed E-state index contributed by atoms with van der Waals surface area (Å²) in [6.45, 7) is 20.3. The highest BCUT2D eigenvalue weighted by molar-refractivity contribution is 6.02. The van der Waals surface area contributed by atoms with Crippen molar-refractivity contribution in [3.05, 3.63) is 165 Å². The van der Waals surface area contributed by atoms with Crippen LogP contribution in [0.5, 0.6) is 0 Å². The second-order valence-corrected chi connectivity index (χ2v) is 16.1. The molecule has 0 spiro atoms. The van der Waals surface area contributed by atoms with Crippen LogP contribution in [-0.2, 0) is 6.42 Å². The van der Waals surface area contributed by atoms with Crippen molar-refractivity contribution in [3.8, 4) is 0 Å². The summed E-state index contributed by atoms with van der Waals surface area (Å²) in [5.74, 6) is 0.427. The number of hydrogen-bond acceptors (Lipinski definition) is 1. The van der Waals surface area contributed by atoms with Gasteiger partial charge < -0.3 is 0 Å². The normalized spacial score (nSPS) is 24.4. The molecule has 1 aromatic rings. The quantitative estimate of drug-likeness (QED) is 0.203. The predicted octanol–water partition coefficient (Wildman–Crippen LogP) is 14.0. The van der Waals surface area contributed by atoms with Crippen LogP contribution >= 0.6 is 0 Å². The van der Waals surface area contributed by atoms with Crippen molar-refractivity contribution in [2.75, 3.05) is 0 Å². The summed E-state index contributed by atoms with van der Waals surface area (Å²) in [5, 5.41) is 0. The lowest BCUT2D eigenvalue weighted by Crippen LogP contribution is -2.28. The summed E-state index contributed by atoms with van der Waals surface area (Å²) in [6, 6.07) is 8.18. The van der Waals surface area contributed by atoms with Crippen LogP contribution in [0.3, 0.4) is 0 Å². The van der Waals surface area contributed by atoms with Crippen molar-refractivity contribution in [1.29, 1.82) is 0 Å². The van der Waals surface area contributed by atoms with Gasteiger partial charge in [0, 0.05) is 11.5 Å². The largest absolute Gasteiger partial charge is 0.294 e. The third-order valence-electron chi connectivity index (χ3n) is 11.0. The summed E-state index contributed by atoms with van der Waals surface area (Å²) >= 11 is 0. The second-order valence-electron chi connectivity index (χ2n) is 16.1. The van der Waals surface area contributed by atoms with Crippen LogP contribution < -0.4 is 0 Å². The minimum absolute atomic E-state index is 0.0296. The fourth-order valence-corrected chi connectivity index (χ4v) is 8.09. The molecule has 0 bridgehead atoms. The first-order valence-corrected chi connectivity index (χ1v) is 18.9. The second kappa shape index (κ2) is 17.8. The molecule has 3 aliphatic carbocycles. The van der Waals surface area contributed by atoms with Crippen LogP contribution in [0.4, 0.5) is 0 Å². The number of carbonyl (C=O) groups excluding carboxylic acids is 1. The maximum atomic E-state index is 13.2. The Bertz CT molecular complexity index is 1740. The van der Waals surface area contributed by atoms with E-state index in [1.165, 1.54) is 70.3 Å². The smallest absolute Gasteiger partial charge is 0.166 e. The Morgan fingerprint density at radius 3 is 1.76 bits per heavy atom. The maximum Gasteiger partial charge on any atom is 0.166 e. The van der Waals surface area contributed by atoms with Crippen molar-refractivity contribution >= 4 is 5.78 Å². The van der Waals surface area contributed by atoms with Crippen LogP contribution in [0.15, 0.2) is 154 Å². The van der Waals surface area contributed by atoms with E-state index in [0.29, 0.717) is 5.78 Å². The zero-order valence-electron chi connectivity index (χ0n) is 32.5. The number of ketones is 1. The van der Waals surface area contributed by atoms with E-state index in [9.17, 15) is 4.79 Å². The first-order valence-electron chi connectivity index (χ1n) is 18.9. The molecule has 3 aliphatic rings. The fourth-order valence-electron chi connectivity index (χ4n) is 8.09. The van der Waals surface area contributed by atoms with Gasteiger partial charge in [0.15, 0.2) is 5.78 Å². The van der Waals surface area contributed by atoms with Gasteiger partial charge in [-0.1, -0.05) is 164 Å². The molecular weight excluding hydrogens is 605 g/mol. The molecule has 0 saturated carbocycles. The lowest BCUT2D eigenvalue weighted by molar-refractivity contribution is 0.0898. The Kier molecular flexibility index (Phi) is 13.8. The van der Waals surface area contributed by atoms with E-state index in [-0.39, 0.29) is 16.7 Å². The van der Waals surface area contributed by atoms with Crippen molar-refractivity contribution in [2.24, 2.45) is 16.7 Å². The van der Waals surface area contributed by atoms with Crippen molar-refractivity contribution in [1.82, 2.24) is 0 Å². The van der Waals surface area contributed by atoms with Gasteiger partial charge in [-0.3, -0.25) is 4.79 Å². The third kappa shape index (κ3) is 10.8. The summed E-state index contributed by atoms with van der Waals surface area (Å²) in [7, 11) is 0. The molecule has 0 saturated heterocycles. The molecule has 0 heterocycles. The molecule has 0 aliphatic heterocycles. The minimum atomic E-state index is 0.0296. The number of allylic oxidation sites excluding steroid dienone is 22. The van der Waals surface area contributed by atoms with Gasteiger partial charge in [-0.05, 0) is 120 Å². The third-order valence-corrected chi connectivity index (χ3v) is 11.0. The lowest BCUT2D eigenvalue weighted by atomic mass is 9.66. The maximum absolute atomic E-state index is 13.2. The Morgan fingerprint density at radius 1 is 0.680 bits per heavy atom. The van der Waals surface area contributed by atoms with Gasteiger partial charge in [0.25, 0.3) is 0 Å². The molecule has 264 valence electrons. The number of hydrogen-bond donors (Lipinski definition) is 0. The molecule has 50 heavy (non-hydrogen) atoms. The molecule has 4 rings (SSSR count). The average Bonchev–Trinajstić information content (AvgIpc) is 3.36. The Hall–Kier alpha value is -3.97. The fraction of sp³-hybridized carbons (Fsp3) is 0.408. The zero-order valence-corrected chi connectivity index (χ0v) is 32.5. The highest BCUT2D eigenvalue weighted by Crippen LogP contribution is 2.48. The van der Waals surface area contributed by atoms with Crippen LogP contribution in [-0.4, -0.2) is 5.78 Å². The number of benzene rings is 1. The molecule has 1 unspecified atom stereocenters. The standard InChI is InChI=1S/C49H62O/c1-36(20-14-22-38(3)28-30-45-40(5)24-16-32-48(45,7)8)18-10-11-19-37(2)21-15-23-39(4)29-31-46-41(6)25-17-33-49(46,9)35-43-34-42-26-12-13-27-44(42)47(43)50/h10-15,18-23,26-31,43H,16-17,24-25,32-35H2,1-9H3/b11-10+,20-14+,21-15+,30-28+,31-29+,36-18+,37-19+,38-22+,39-23+/t43?,49-/m1/s1. The van der Waals surface area contributed by atoms with E-state index >= 15 is 0 Å². The number of carbonyl (C=O) groups is 1. The number of fused-ring (bicyclic) bond motifs is 1. The van der Waals surface area contributed by atoms with E-state index in [0.717, 1.165) is 31.2 Å². The molecule has 0 amide bonds. The molecule has 0 fully saturated rings. The SMILES string of the molecule is CC1=C(/C=C/C(C)=C/C=C/C(C)=C/C=C/C=C(C)/C=C/C=C(C)/C=C/C2=C(C)CCC[C@]2(C)CC2Cc3ccccc3C2=O)C(C)(C)CCC1. The van der Waals surface area contributed by atoms with Gasteiger partial charge in [0.05, 0.1) is 0 Å². The molecule has 1 nitrogen and oxygen atoms in total. The van der Waals surface area contributed by atoms with Gasteiger partial charge >= 0.3 is 0 Å². The first kappa shape index (κ1) is 38.8. The summed E-state index contributed by atoms with van der Waals surface area (Å²) in [4.78, 5) is 13.2. The van der Waals surface area contributed by atoms with Crippen molar-refractivity contribution < 1.29 is 4.79 Å². The summed E-state index contributed by atoms with van der Waals surface area (Å²) in [5.41, 5.74) is 13.3. The van der Waals surface area contributed by atoms with Crippen molar-refractivity contribution in [3.63, 3.8) is 0 Å². The van der Waals surface area contributed by atoms with E-state index in [2.05, 4.69) is 160 Å². The molecule has 0 radical (unpaired) electrons. The van der Waals surface area contributed by atoms with Crippen LogP contribution in [0.1, 0.15) is 123 Å². The Balaban J connectivity index is 1.29. The first-order chi connectivity index (χ1) is 23.8. The van der Waals surface area contributed by atoms with Gasteiger partial charge in [0.1, 0.15) is 0 Å². The molecule has 1 aromatic carbocycles. The predicted molar refractivity (Wildman–Crippen MR) is 218 cm³/mol. The van der Waals surface area contributed by atoms with Crippen LogP contribution in [0.2, 0.25) is 0 Å². The monoisotopic (exact) mass is 666 g/mol. The molecule has 0 N–H and O–H groups in total. The van der Waals surface area contributed by atoms with Crippen LogP contribution in [0, 0.1) is 16.7 Å². The highest BCUT2D eigenvalue weighted by Gasteiger charge is 2.39. The number of rotatable bonds is 12. The molecule has 1 heteroatoms. The summed E-state index contributed by atoms with van der Waals surface area (Å²) < 4.78 is 0.